The molecule has 2 N–H and O–H groups in total. The standard InChI is InChI=1S/C13H11BrN2O3/c14-10-3-1-2-8-7-15-11(6-9(8)10)16-12(17)4-5-13(18)19/h1-3,6-7H,4-5H2,(H,18,19)(H,15,16,17). The van der Waals surface area contributed by atoms with Gasteiger partial charge in [0.2, 0.25) is 5.91 Å². The van der Waals surface area contributed by atoms with Gasteiger partial charge in [0.05, 0.1) is 6.42 Å². The van der Waals surface area contributed by atoms with Gasteiger partial charge in [0.15, 0.2) is 0 Å². The molecule has 1 aromatic carbocycles. The fourth-order valence-electron chi connectivity index (χ4n) is 1.63. The Balaban J connectivity index is 2.15. The van der Waals surface area contributed by atoms with E-state index >= 15 is 0 Å². The van der Waals surface area contributed by atoms with Crippen LogP contribution in [0.2, 0.25) is 0 Å². The zero-order chi connectivity index (χ0) is 13.8. The molecule has 0 saturated heterocycles. The molecule has 19 heavy (non-hydrogen) atoms. The Morgan fingerprint density at radius 2 is 2.11 bits per heavy atom. The Morgan fingerprint density at radius 1 is 1.32 bits per heavy atom. The van der Waals surface area contributed by atoms with Crippen molar-refractivity contribution >= 4 is 44.4 Å². The lowest BCUT2D eigenvalue weighted by atomic mass is 10.2. The van der Waals surface area contributed by atoms with Gasteiger partial charge in [-0.2, -0.15) is 0 Å². The first-order valence-corrected chi connectivity index (χ1v) is 6.41. The van der Waals surface area contributed by atoms with Crippen molar-refractivity contribution in [1.82, 2.24) is 4.98 Å². The van der Waals surface area contributed by atoms with E-state index in [1.165, 1.54) is 0 Å². The minimum Gasteiger partial charge on any atom is -0.481 e. The van der Waals surface area contributed by atoms with Crippen LogP contribution in [0.3, 0.4) is 0 Å². The predicted octanol–water partition coefficient (Wildman–Crippen LogP) is 2.80. The van der Waals surface area contributed by atoms with Crippen LogP contribution in [0.1, 0.15) is 12.8 Å². The molecular weight excluding hydrogens is 312 g/mol. The number of anilines is 1. The maximum atomic E-state index is 11.5. The lowest BCUT2D eigenvalue weighted by Crippen LogP contribution is -2.14. The largest absolute Gasteiger partial charge is 0.481 e. The van der Waals surface area contributed by atoms with Crippen LogP contribution in [-0.4, -0.2) is 22.0 Å². The van der Waals surface area contributed by atoms with Gasteiger partial charge in [0, 0.05) is 27.9 Å². The molecule has 0 saturated carbocycles. The number of aliphatic carboxylic acids is 1. The van der Waals surface area contributed by atoms with Crippen molar-refractivity contribution in [3.8, 4) is 0 Å². The normalized spacial score (nSPS) is 10.4. The maximum Gasteiger partial charge on any atom is 0.303 e. The molecule has 6 heteroatoms. The van der Waals surface area contributed by atoms with Gasteiger partial charge in [-0.05, 0) is 12.1 Å². The van der Waals surface area contributed by atoms with Crippen molar-refractivity contribution in [3.05, 3.63) is 34.9 Å². The van der Waals surface area contributed by atoms with Crippen LogP contribution in [0.5, 0.6) is 0 Å². The van der Waals surface area contributed by atoms with Crippen LogP contribution < -0.4 is 5.32 Å². The van der Waals surface area contributed by atoms with Gasteiger partial charge < -0.3 is 10.4 Å². The lowest BCUT2D eigenvalue weighted by molar-refractivity contribution is -0.138. The van der Waals surface area contributed by atoms with Crippen LogP contribution in [0.4, 0.5) is 5.82 Å². The van der Waals surface area contributed by atoms with Crippen LogP contribution >= 0.6 is 15.9 Å². The van der Waals surface area contributed by atoms with E-state index in [4.69, 9.17) is 5.11 Å². The van der Waals surface area contributed by atoms with Crippen molar-refractivity contribution in [2.75, 3.05) is 5.32 Å². The highest BCUT2D eigenvalue weighted by atomic mass is 79.9. The van der Waals surface area contributed by atoms with Crippen LogP contribution in [0, 0.1) is 0 Å². The Kier molecular flexibility index (Phi) is 4.11. The minimum absolute atomic E-state index is 0.0645. The molecule has 0 aliphatic carbocycles. The highest BCUT2D eigenvalue weighted by Gasteiger charge is 2.07. The quantitative estimate of drug-likeness (QED) is 0.907. The summed E-state index contributed by atoms with van der Waals surface area (Å²) in [5, 5.41) is 13.0. The number of pyridine rings is 1. The van der Waals surface area contributed by atoms with Crippen LogP contribution in [0.25, 0.3) is 10.8 Å². The highest BCUT2D eigenvalue weighted by Crippen LogP contribution is 2.25. The average molecular weight is 323 g/mol. The maximum absolute atomic E-state index is 11.5. The molecule has 0 spiro atoms. The number of aromatic nitrogens is 1. The number of amides is 1. The molecule has 0 fully saturated rings. The van der Waals surface area contributed by atoms with E-state index in [1.54, 1.807) is 12.3 Å². The Labute approximate surface area is 117 Å². The van der Waals surface area contributed by atoms with Crippen molar-refractivity contribution < 1.29 is 14.7 Å². The number of carboxylic acids is 1. The molecule has 0 aliphatic rings. The summed E-state index contributed by atoms with van der Waals surface area (Å²) >= 11 is 3.43. The zero-order valence-corrected chi connectivity index (χ0v) is 11.5. The number of carboxylic acid groups (broad SMARTS) is 1. The monoisotopic (exact) mass is 322 g/mol. The summed E-state index contributed by atoms with van der Waals surface area (Å²) in [7, 11) is 0. The van der Waals surface area contributed by atoms with E-state index < -0.39 is 5.97 Å². The summed E-state index contributed by atoms with van der Waals surface area (Å²) in [5.41, 5.74) is 0. The predicted molar refractivity (Wildman–Crippen MR) is 74.9 cm³/mol. The molecule has 1 heterocycles. The van der Waals surface area contributed by atoms with Gasteiger partial charge in [0.25, 0.3) is 0 Å². The zero-order valence-electron chi connectivity index (χ0n) is 9.89. The lowest BCUT2D eigenvalue weighted by Gasteiger charge is -2.06. The van der Waals surface area contributed by atoms with E-state index in [0.29, 0.717) is 5.82 Å². The molecule has 98 valence electrons. The number of hydrogen-bond donors (Lipinski definition) is 2. The van der Waals surface area contributed by atoms with Crippen LogP contribution in [-0.2, 0) is 9.59 Å². The second-order valence-electron chi connectivity index (χ2n) is 3.97. The van der Waals surface area contributed by atoms with E-state index in [-0.39, 0.29) is 18.7 Å². The Morgan fingerprint density at radius 3 is 2.84 bits per heavy atom. The molecule has 0 bridgehead atoms. The number of benzene rings is 1. The Bertz CT molecular complexity index is 643. The number of carbonyl (C=O) groups excluding carboxylic acids is 1. The van der Waals surface area contributed by atoms with E-state index in [1.807, 2.05) is 18.2 Å². The van der Waals surface area contributed by atoms with Gasteiger partial charge in [-0.25, -0.2) is 4.98 Å². The number of fused-ring (bicyclic) bond motifs is 1. The van der Waals surface area contributed by atoms with Gasteiger partial charge in [0.1, 0.15) is 5.82 Å². The minimum atomic E-state index is -0.996. The van der Waals surface area contributed by atoms with Crippen LogP contribution in [0.15, 0.2) is 34.9 Å². The SMILES string of the molecule is O=C(O)CCC(=O)Nc1cc2c(Br)cccc2cn1. The first-order chi connectivity index (χ1) is 9.06. The van der Waals surface area contributed by atoms with E-state index in [2.05, 4.69) is 26.2 Å². The van der Waals surface area contributed by atoms with Gasteiger partial charge in [-0.3, -0.25) is 9.59 Å². The number of nitrogens with one attached hydrogen (secondary N) is 1. The van der Waals surface area contributed by atoms with E-state index in [0.717, 1.165) is 15.2 Å². The summed E-state index contributed by atoms with van der Waals surface area (Å²) in [5.74, 6) is -0.944. The second kappa shape index (κ2) is 5.79. The summed E-state index contributed by atoms with van der Waals surface area (Å²) in [6, 6.07) is 7.47. The molecule has 0 atom stereocenters. The molecular formula is C13H11BrN2O3. The molecule has 0 aliphatic heterocycles. The van der Waals surface area contributed by atoms with Gasteiger partial charge in [-0.1, -0.05) is 28.1 Å². The molecule has 0 radical (unpaired) electrons. The molecule has 1 aromatic heterocycles. The fourth-order valence-corrected chi connectivity index (χ4v) is 2.12. The average Bonchev–Trinajstić information content (AvgIpc) is 2.37. The summed E-state index contributed by atoms with van der Waals surface area (Å²) < 4.78 is 0.911. The topological polar surface area (TPSA) is 79.3 Å². The number of carbonyl (C=O) groups is 2. The number of rotatable bonds is 4. The van der Waals surface area contributed by atoms with Crippen molar-refractivity contribution in [2.24, 2.45) is 0 Å². The summed E-state index contributed by atoms with van der Waals surface area (Å²) in [6.07, 6.45) is 1.40. The van der Waals surface area contributed by atoms with E-state index in [9.17, 15) is 9.59 Å². The number of hydrogen-bond acceptors (Lipinski definition) is 3. The Hall–Kier alpha value is -1.95. The second-order valence-corrected chi connectivity index (χ2v) is 4.83. The van der Waals surface area contributed by atoms with Crippen molar-refractivity contribution in [2.45, 2.75) is 12.8 Å². The summed E-state index contributed by atoms with van der Waals surface area (Å²) in [4.78, 5) is 26.0. The molecule has 5 nitrogen and oxygen atoms in total. The molecule has 2 aromatic rings. The third-order valence-corrected chi connectivity index (χ3v) is 3.24. The van der Waals surface area contributed by atoms with Gasteiger partial charge >= 0.3 is 5.97 Å². The summed E-state index contributed by atoms with van der Waals surface area (Å²) in [6.45, 7) is 0. The van der Waals surface area contributed by atoms with Crippen molar-refractivity contribution in [3.63, 3.8) is 0 Å². The first kappa shape index (κ1) is 13.5. The molecule has 1 amide bonds. The highest BCUT2D eigenvalue weighted by molar-refractivity contribution is 9.10. The first-order valence-electron chi connectivity index (χ1n) is 5.62. The smallest absolute Gasteiger partial charge is 0.303 e. The third kappa shape index (κ3) is 3.51. The number of halogens is 1. The third-order valence-electron chi connectivity index (χ3n) is 2.54. The van der Waals surface area contributed by atoms with Gasteiger partial charge in [-0.15, -0.1) is 0 Å². The van der Waals surface area contributed by atoms with Crippen molar-refractivity contribution in [1.29, 1.82) is 0 Å². The number of nitrogens with zero attached hydrogens (tertiary/aromatic N) is 1. The molecule has 0 unspecified atom stereocenters. The fraction of sp³-hybridized carbons (Fsp3) is 0.154. The molecule has 2 rings (SSSR count).